The molecule has 0 aliphatic heterocycles. The van der Waals surface area contributed by atoms with Crippen molar-refractivity contribution in [1.29, 1.82) is 0 Å². The SMILES string of the molecule is CCCCCCCCCC/C=C/C(O)C(COP(=O)(O)OCCN)NC(=O)CCCCCCCCCCCCCCCCCCC. The van der Waals surface area contributed by atoms with Gasteiger partial charge in [-0.25, -0.2) is 4.57 Å². The van der Waals surface area contributed by atoms with Crippen molar-refractivity contribution in [2.75, 3.05) is 19.8 Å². The zero-order chi connectivity index (χ0) is 34.0. The number of nitrogens with two attached hydrogens (primary N) is 1. The van der Waals surface area contributed by atoms with Crippen LogP contribution in [0.4, 0.5) is 0 Å². The summed E-state index contributed by atoms with van der Waals surface area (Å²) >= 11 is 0. The fraction of sp³-hybridized carbons (Fsp3) is 0.919. The number of aliphatic hydroxyl groups excluding tert-OH is 1. The molecule has 8 nitrogen and oxygen atoms in total. The second-order valence-electron chi connectivity index (χ2n) is 13.1. The van der Waals surface area contributed by atoms with Gasteiger partial charge in [-0.15, -0.1) is 0 Å². The van der Waals surface area contributed by atoms with Crippen molar-refractivity contribution in [1.82, 2.24) is 5.32 Å². The molecule has 5 N–H and O–H groups in total. The van der Waals surface area contributed by atoms with Crippen LogP contribution in [-0.2, 0) is 18.4 Å². The molecular formula is C37H75N2O6P. The van der Waals surface area contributed by atoms with Gasteiger partial charge in [0.1, 0.15) is 0 Å². The Morgan fingerprint density at radius 2 is 1.11 bits per heavy atom. The minimum atomic E-state index is -4.32. The Bertz CT molecular complexity index is 739. The number of aliphatic hydroxyl groups is 1. The number of unbranched alkanes of at least 4 members (excludes halogenated alkanes) is 24. The van der Waals surface area contributed by atoms with Crippen molar-refractivity contribution in [2.24, 2.45) is 5.73 Å². The van der Waals surface area contributed by atoms with E-state index >= 15 is 0 Å². The van der Waals surface area contributed by atoms with Crippen molar-refractivity contribution >= 4 is 13.7 Å². The van der Waals surface area contributed by atoms with Crippen LogP contribution in [0, 0.1) is 0 Å². The zero-order valence-electron chi connectivity index (χ0n) is 30.1. The van der Waals surface area contributed by atoms with E-state index in [1.807, 2.05) is 6.08 Å². The van der Waals surface area contributed by atoms with Crippen molar-refractivity contribution < 1.29 is 28.4 Å². The monoisotopic (exact) mass is 675 g/mol. The predicted molar refractivity (Wildman–Crippen MR) is 194 cm³/mol. The van der Waals surface area contributed by atoms with Crippen LogP contribution in [0.5, 0.6) is 0 Å². The fourth-order valence-corrected chi connectivity index (χ4v) is 6.42. The van der Waals surface area contributed by atoms with Crippen LogP contribution < -0.4 is 11.1 Å². The Balaban J connectivity index is 4.20. The third-order valence-electron chi connectivity index (χ3n) is 8.61. The van der Waals surface area contributed by atoms with Crippen molar-refractivity contribution in [3.63, 3.8) is 0 Å². The Labute approximate surface area is 284 Å². The highest BCUT2D eigenvalue weighted by molar-refractivity contribution is 7.47. The van der Waals surface area contributed by atoms with Gasteiger partial charge >= 0.3 is 7.82 Å². The molecule has 0 radical (unpaired) electrons. The lowest BCUT2D eigenvalue weighted by Gasteiger charge is -2.23. The number of rotatable bonds is 36. The van der Waals surface area contributed by atoms with Gasteiger partial charge in [-0.2, -0.15) is 0 Å². The average molecular weight is 675 g/mol. The summed E-state index contributed by atoms with van der Waals surface area (Å²) in [4.78, 5) is 22.6. The first-order chi connectivity index (χ1) is 22.4. The second kappa shape index (κ2) is 34.1. The second-order valence-corrected chi connectivity index (χ2v) is 14.6. The molecule has 0 rings (SSSR count). The molecule has 46 heavy (non-hydrogen) atoms. The van der Waals surface area contributed by atoms with Crippen LogP contribution in [0.1, 0.15) is 187 Å². The number of nitrogens with one attached hydrogen (secondary N) is 1. The van der Waals surface area contributed by atoms with E-state index in [0.717, 1.165) is 38.5 Å². The minimum absolute atomic E-state index is 0.0809. The molecule has 0 spiro atoms. The first kappa shape index (κ1) is 45.2. The molecule has 3 unspecified atom stereocenters. The first-order valence-corrected chi connectivity index (χ1v) is 20.8. The minimum Gasteiger partial charge on any atom is -0.387 e. The van der Waals surface area contributed by atoms with Crippen LogP contribution in [0.2, 0.25) is 0 Å². The zero-order valence-corrected chi connectivity index (χ0v) is 31.0. The largest absolute Gasteiger partial charge is 0.472 e. The van der Waals surface area contributed by atoms with Crippen LogP contribution in [0.3, 0.4) is 0 Å². The predicted octanol–water partition coefficient (Wildman–Crippen LogP) is 10.1. The van der Waals surface area contributed by atoms with Gasteiger partial charge in [0.15, 0.2) is 0 Å². The van der Waals surface area contributed by atoms with Crippen molar-refractivity contribution in [2.45, 2.75) is 199 Å². The molecule has 1 amide bonds. The third-order valence-corrected chi connectivity index (χ3v) is 9.60. The summed E-state index contributed by atoms with van der Waals surface area (Å²) in [6.45, 7) is 4.12. The van der Waals surface area contributed by atoms with E-state index in [0.29, 0.717) is 6.42 Å². The van der Waals surface area contributed by atoms with Gasteiger partial charge in [0.25, 0.3) is 0 Å². The highest BCUT2D eigenvalue weighted by Gasteiger charge is 2.26. The Hall–Kier alpha value is -0.760. The molecule has 0 aliphatic rings. The number of hydrogen-bond acceptors (Lipinski definition) is 6. The molecule has 0 heterocycles. The van der Waals surface area contributed by atoms with Crippen molar-refractivity contribution in [3.8, 4) is 0 Å². The van der Waals surface area contributed by atoms with Gasteiger partial charge in [0.2, 0.25) is 5.91 Å². The maximum absolute atomic E-state index is 12.7. The van der Waals surface area contributed by atoms with Crippen LogP contribution in [0.15, 0.2) is 12.2 Å². The third kappa shape index (κ3) is 31.8. The summed E-state index contributed by atoms with van der Waals surface area (Å²) in [5.74, 6) is -0.194. The highest BCUT2D eigenvalue weighted by Crippen LogP contribution is 2.43. The van der Waals surface area contributed by atoms with Crippen molar-refractivity contribution in [3.05, 3.63) is 12.2 Å². The lowest BCUT2D eigenvalue weighted by Crippen LogP contribution is -2.45. The number of phosphoric acid groups is 1. The number of phosphoric ester groups is 1. The number of amides is 1. The number of hydrogen-bond donors (Lipinski definition) is 4. The van der Waals surface area contributed by atoms with E-state index < -0.39 is 20.0 Å². The summed E-state index contributed by atoms with van der Waals surface area (Å²) in [5, 5.41) is 13.6. The summed E-state index contributed by atoms with van der Waals surface area (Å²) in [7, 11) is -4.32. The summed E-state index contributed by atoms with van der Waals surface area (Å²) < 4.78 is 22.0. The number of carbonyl (C=O) groups excluding carboxylic acids is 1. The maximum atomic E-state index is 12.7. The molecule has 0 saturated carbocycles. The van der Waals surface area contributed by atoms with Gasteiger partial charge in [-0.3, -0.25) is 13.8 Å². The molecule has 0 aromatic rings. The molecule has 9 heteroatoms. The topological polar surface area (TPSA) is 131 Å². The lowest BCUT2D eigenvalue weighted by molar-refractivity contribution is -0.123. The molecule has 0 aromatic carbocycles. The molecule has 3 atom stereocenters. The Morgan fingerprint density at radius 1 is 0.696 bits per heavy atom. The summed E-state index contributed by atoms with van der Waals surface area (Å²) in [6.07, 6.45) is 35.4. The van der Waals surface area contributed by atoms with E-state index in [2.05, 4.69) is 19.2 Å². The molecule has 0 aromatic heterocycles. The van der Waals surface area contributed by atoms with E-state index in [1.54, 1.807) is 6.08 Å². The van der Waals surface area contributed by atoms with E-state index in [4.69, 9.17) is 14.8 Å². The van der Waals surface area contributed by atoms with E-state index in [9.17, 15) is 19.4 Å². The molecule has 0 saturated heterocycles. The first-order valence-electron chi connectivity index (χ1n) is 19.3. The van der Waals surface area contributed by atoms with Crippen LogP contribution >= 0.6 is 7.82 Å². The number of allylic oxidation sites excluding steroid dienone is 1. The van der Waals surface area contributed by atoms with E-state index in [-0.39, 0.29) is 25.7 Å². The fourth-order valence-electron chi connectivity index (χ4n) is 5.66. The van der Waals surface area contributed by atoms with E-state index in [1.165, 1.54) is 128 Å². The van der Waals surface area contributed by atoms with Gasteiger partial charge in [-0.1, -0.05) is 174 Å². The maximum Gasteiger partial charge on any atom is 0.472 e. The standard InChI is InChI=1S/C37H75N2O6P/c1-3-5-7-9-11-13-15-16-17-18-19-20-21-23-25-27-29-31-37(41)39-35(34-45-46(42,43)44-33-32-38)36(40)30-28-26-24-22-14-12-10-8-6-4-2/h28,30,35-36,40H,3-27,29,31-34,38H2,1-2H3,(H,39,41)(H,42,43)/b30-28+. The Kier molecular flexibility index (Phi) is 33.6. The highest BCUT2D eigenvalue weighted by atomic mass is 31.2. The smallest absolute Gasteiger partial charge is 0.387 e. The van der Waals surface area contributed by atoms with Gasteiger partial charge in [0, 0.05) is 13.0 Å². The molecule has 0 bridgehead atoms. The molecule has 0 aliphatic carbocycles. The molecule has 274 valence electrons. The quantitative estimate of drug-likeness (QED) is 0.0295. The van der Waals surface area contributed by atoms with Gasteiger partial charge in [0.05, 0.1) is 25.4 Å². The Morgan fingerprint density at radius 3 is 1.54 bits per heavy atom. The number of carbonyl (C=O) groups is 1. The van der Waals surface area contributed by atoms with Gasteiger partial charge in [-0.05, 0) is 19.3 Å². The molecule has 0 fully saturated rings. The lowest BCUT2D eigenvalue weighted by atomic mass is 10.0. The van der Waals surface area contributed by atoms with Gasteiger partial charge < -0.3 is 21.1 Å². The normalized spacial score (nSPS) is 14.5. The molecular weight excluding hydrogens is 599 g/mol. The average Bonchev–Trinajstić information content (AvgIpc) is 3.04. The van der Waals surface area contributed by atoms with Crippen LogP contribution in [-0.4, -0.2) is 47.8 Å². The van der Waals surface area contributed by atoms with Crippen LogP contribution in [0.25, 0.3) is 0 Å². The summed E-state index contributed by atoms with van der Waals surface area (Å²) in [6, 6.07) is -0.852. The summed E-state index contributed by atoms with van der Waals surface area (Å²) in [5.41, 5.74) is 5.35.